The Morgan fingerprint density at radius 3 is 2.32 bits per heavy atom. The first-order chi connectivity index (χ1) is 10.7. The SMILES string of the molecule is CCCCCc1ccc(C=Nc2ccc(C(=O)[O-])cc2)cc1. The fourth-order valence-electron chi connectivity index (χ4n) is 2.18. The van der Waals surface area contributed by atoms with Crippen LogP contribution in [0.4, 0.5) is 5.69 Å². The highest BCUT2D eigenvalue weighted by molar-refractivity contribution is 5.86. The molecule has 0 fully saturated rings. The summed E-state index contributed by atoms with van der Waals surface area (Å²) in [4.78, 5) is 15.0. The number of rotatable bonds is 7. The molecule has 0 aliphatic heterocycles. The zero-order valence-corrected chi connectivity index (χ0v) is 12.8. The zero-order chi connectivity index (χ0) is 15.8. The number of benzene rings is 2. The van der Waals surface area contributed by atoms with Gasteiger partial charge in [0.1, 0.15) is 0 Å². The summed E-state index contributed by atoms with van der Waals surface area (Å²) in [6.45, 7) is 2.21. The highest BCUT2D eigenvalue weighted by Crippen LogP contribution is 2.13. The molecule has 0 amide bonds. The predicted octanol–water partition coefficient (Wildman–Crippen LogP) is 3.53. The van der Waals surface area contributed by atoms with Gasteiger partial charge in [-0.05, 0) is 41.7 Å². The monoisotopic (exact) mass is 294 g/mol. The van der Waals surface area contributed by atoms with Crippen LogP contribution >= 0.6 is 0 Å². The summed E-state index contributed by atoms with van der Waals surface area (Å²) in [6.07, 6.45) is 6.64. The van der Waals surface area contributed by atoms with E-state index >= 15 is 0 Å². The summed E-state index contributed by atoms with van der Waals surface area (Å²) in [6, 6.07) is 14.7. The Balaban J connectivity index is 1.96. The van der Waals surface area contributed by atoms with Gasteiger partial charge in [-0.15, -0.1) is 0 Å². The number of carboxylic acid groups (broad SMARTS) is 1. The van der Waals surface area contributed by atoms with Gasteiger partial charge in [0.15, 0.2) is 0 Å². The van der Waals surface area contributed by atoms with Crippen LogP contribution < -0.4 is 5.11 Å². The summed E-state index contributed by atoms with van der Waals surface area (Å²) in [5, 5.41) is 10.7. The van der Waals surface area contributed by atoms with Crippen LogP contribution in [0.3, 0.4) is 0 Å². The van der Waals surface area contributed by atoms with Crippen molar-refractivity contribution < 1.29 is 9.90 Å². The van der Waals surface area contributed by atoms with Crippen LogP contribution in [0.1, 0.15) is 47.7 Å². The van der Waals surface area contributed by atoms with Gasteiger partial charge in [-0.1, -0.05) is 56.2 Å². The molecule has 2 aromatic rings. The van der Waals surface area contributed by atoms with Gasteiger partial charge < -0.3 is 9.90 Å². The molecule has 0 atom stereocenters. The maximum atomic E-state index is 10.7. The van der Waals surface area contributed by atoms with Crippen LogP contribution in [0.5, 0.6) is 0 Å². The molecule has 0 aliphatic rings. The molecule has 0 radical (unpaired) electrons. The van der Waals surface area contributed by atoms with E-state index in [1.807, 2.05) is 0 Å². The van der Waals surface area contributed by atoms with E-state index in [2.05, 4.69) is 36.2 Å². The molecule has 0 aromatic heterocycles. The zero-order valence-electron chi connectivity index (χ0n) is 12.8. The molecule has 0 heterocycles. The highest BCUT2D eigenvalue weighted by atomic mass is 16.4. The van der Waals surface area contributed by atoms with Crippen molar-refractivity contribution in [2.45, 2.75) is 32.6 Å². The largest absolute Gasteiger partial charge is 0.545 e. The number of carbonyl (C=O) groups excluding carboxylic acids is 1. The third kappa shape index (κ3) is 4.85. The van der Waals surface area contributed by atoms with E-state index in [4.69, 9.17) is 0 Å². The van der Waals surface area contributed by atoms with Crippen molar-refractivity contribution in [1.82, 2.24) is 0 Å². The van der Waals surface area contributed by atoms with E-state index in [1.54, 1.807) is 18.3 Å². The third-order valence-corrected chi connectivity index (χ3v) is 3.51. The number of unbranched alkanes of at least 4 members (excludes halogenated alkanes) is 2. The Morgan fingerprint density at radius 1 is 1.05 bits per heavy atom. The number of aromatic carboxylic acids is 1. The third-order valence-electron chi connectivity index (χ3n) is 3.51. The highest BCUT2D eigenvalue weighted by Gasteiger charge is 1.95. The molecular weight excluding hydrogens is 274 g/mol. The van der Waals surface area contributed by atoms with Gasteiger partial charge in [0, 0.05) is 6.21 Å². The van der Waals surface area contributed by atoms with E-state index in [0.29, 0.717) is 0 Å². The molecule has 0 spiro atoms. The summed E-state index contributed by atoms with van der Waals surface area (Å²) < 4.78 is 0. The van der Waals surface area contributed by atoms with Gasteiger partial charge in [0.2, 0.25) is 0 Å². The lowest BCUT2D eigenvalue weighted by atomic mass is 10.1. The number of hydrogen-bond acceptors (Lipinski definition) is 3. The molecule has 3 heteroatoms. The summed E-state index contributed by atoms with van der Waals surface area (Å²) in [5.41, 5.74) is 3.26. The van der Waals surface area contributed by atoms with Crippen LogP contribution in [0.15, 0.2) is 53.5 Å². The van der Waals surface area contributed by atoms with E-state index in [0.717, 1.165) is 17.7 Å². The topological polar surface area (TPSA) is 52.5 Å². The van der Waals surface area contributed by atoms with E-state index in [9.17, 15) is 9.90 Å². The fourth-order valence-corrected chi connectivity index (χ4v) is 2.18. The van der Waals surface area contributed by atoms with Gasteiger partial charge in [0.25, 0.3) is 0 Å². The van der Waals surface area contributed by atoms with Gasteiger partial charge in [0.05, 0.1) is 11.7 Å². The van der Waals surface area contributed by atoms with E-state index < -0.39 is 5.97 Å². The van der Waals surface area contributed by atoms with Crippen LogP contribution in [-0.4, -0.2) is 12.2 Å². The maximum absolute atomic E-state index is 10.7. The van der Waals surface area contributed by atoms with Gasteiger partial charge >= 0.3 is 0 Å². The molecule has 0 saturated carbocycles. The standard InChI is InChI=1S/C19H21NO2/c1-2-3-4-5-15-6-8-16(9-7-15)14-20-18-12-10-17(11-13-18)19(21)22/h6-14H,2-5H2,1H3,(H,21,22)/p-1. The number of aryl methyl sites for hydroxylation is 1. The Hall–Kier alpha value is -2.42. The Kier molecular flexibility index (Phi) is 5.90. The van der Waals surface area contributed by atoms with Crippen LogP contribution in [0.2, 0.25) is 0 Å². The summed E-state index contributed by atoms with van der Waals surface area (Å²) in [5.74, 6) is -1.17. The van der Waals surface area contributed by atoms with Crippen molar-refractivity contribution >= 4 is 17.9 Å². The molecule has 22 heavy (non-hydrogen) atoms. The molecule has 2 rings (SSSR count). The summed E-state index contributed by atoms with van der Waals surface area (Å²) >= 11 is 0. The minimum absolute atomic E-state index is 0.162. The lowest BCUT2D eigenvalue weighted by Crippen LogP contribution is -2.21. The minimum Gasteiger partial charge on any atom is -0.545 e. The minimum atomic E-state index is -1.17. The Morgan fingerprint density at radius 2 is 1.73 bits per heavy atom. The van der Waals surface area contributed by atoms with E-state index in [-0.39, 0.29) is 5.56 Å². The quantitative estimate of drug-likeness (QED) is 0.579. The molecule has 0 N–H and O–H groups in total. The Bertz CT molecular complexity index is 627. The molecule has 0 unspecified atom stereocenters. The predicted molar refractivity (Wildman–Crippen MR) is 87.7 cm³/mol. The fraction of sp³-hybridized carbons (Fsp3) is 0.263. The van der Waals surface area contributed by atoms with Crippen molar-refractivity contribution in [3.05, 3.63) is 65.2 Å². The van der Waals surface area contributed by atoms with Crippen LogP contribution in [0.25, 0.3) is 0 Å². The second-order valence-electron chi connectivity index (χ2n) is 5.29. The second kappa shape index (κ2) is 8.13. The lowest BCUT2D eigenvalue weighted by Gasteiger charge is -2.02. The first kappa shape index (κ1) is 16.0. The van der Waals surface area contributed by atoms with Gasteiger partial charge in [-0.25, -0.2) is 0 Å². The maximum Gasteiger partial charge on any atom is 0.0715 e. The first-order valence-electron chi connectivity index (χ1n) is 7.63. The average molecular weight is 294 g/mol. The summed E-state index contributed by atoms with van der Waals surface area (Å²) in [7, 11) is 0. The van der Waals surface area contributed by atoms with Crippen molar-refractivity contribution in [1.29, 1.82) is 0 Å². The second-order valence-corrected chi connectivity index (χ2v) is 5.29. The van der Waals surface area contributed by atoms with Crippen LogP contribution in [-0.2, 0) is 6.42 Å². The number of nitrogens with zero attached hydrogens (tertiary/aromatic N) is 1. The molecule has 2 aromatic carbocycles. The van der Waals surface area contributed by atoms with Crippen molar-refractivity contribution in [2.24, 2.45) is 4.99 Å². The number of aliphatic imine (C=N–C) groups is 1. The average Bonchev–Trinajstić information content (AvgIpc) is 2.55. The molecule has 0 saturated heterocycles. The smallest absolute Gasteiger partial charge is 0.0715 e. The molecule has 3 nitrogen and oxygen atoms in total. The lowest BCUT2D eigenvalue weighted by molar-refractivity contribution is -0.255. The van der Waals surface area contributed by atoms with Crippen molar-refractivity contribution in [3.63, 3.8) is 0 Å². The molecular formula is C19H20NO2-. The molecule has 0 bridgehead atoms. The number of carbonyl (C=O) groups is 1. The van der Waals surface area contributed by atoms with Crippen molar-refractivity contribution in [3.8, 4) is 0 Å². The van der Waals surface area contributed by atoms with Gasteiger partial charge in [-0.3, -0.25) is 4.99 Å². The van der Waals surface area contributed by atoms with Crippen molar-refractivity contribution in [2.75, 3.05) is 0 Å². The normalized spacial score (nSPS) is 11.0. The molecule has 0 aliphatic carbocycles. The Labute approximate surface area is 131 Å². The molecule has 114 valence electrons. The number of hydrogen-bond donors (Lipinski definition) is 0. The van der Waals surface area contributed by atoms with E-state index in [1.165, 1.54) is 37.0 Å². The van der Waals surface area contributed by atoms with Gasteiger partial charge in [-0.2, -0.15) is 0 Å². The first-order valence-corrected chi connectivity index (χ1v) is 7.63. The number of carboxylic acids is 1. The van der Waals surface area contributed by atoms with Crippen LogP contribution in [0, 0.1) is 0 Å².